The van der Waals surface area contributed by atoms with Crippen molar-refractivity contribution in [3.8, 4) is 11.5 Å². The van der Waals surface area contributed by atoms with Crippen molar-refractivity contribution in [1.82, 2.24) is 4.90 Å². The average molecular weight is 476 g/mol. The zero-order valence-corrected chi connectivity index (χ0v) is 20.5. The van der Waals surface area contributed by atoms with Crippen LogP contribution < -0.4 is 9.47 Å². The van der Waals surface area contributed by atoms with Crippen LogP contribution in [0.2, 0.25) is 0 Å². The summed E-state index contributed by atoms with van der Waals surface area (Å²) < 4.78 is 10.7. The zero-order chi connectivity index (χ0) is 23.9. The van der Waals surface area contributed by atoms with Gasteiger partial charge in [-0.1, -0.05) is 74.0 Å². The van der Waals surface area contributed by atoms with Gasteiger partial charge in [0.15, 0.2) is 5.17 Å². The number of carbonyl (C=O) groups is 1. The summed E-state index contributed by atoms with van der Waals surface area (Å²) in [6.07, 6.45) is 4.54. The minimum atomic E-state index is -0.126. The zero-order valence-electron chi connectivity index (χ0n) is 19.7. The Labute approximate surface area is 204 Å². The molecule has 1 unspecified atom stereocenters. The largest absolute Gasteiger partial charge is 0.497 e. The van der Waals surface area contributed by atoms with Crippen molar-refractivity contribution in [2.75, 3.05) is 14.2 Å². The number of thioether (sulfide) groups is 1. The Morgan fingerprint density at radius 1 is 1.06 bits per heavy atom. The van der Waals surface area contributed by atoms with Gasteiger partial charge in [0.25, 0.3) is 0 Å². The fraction of sp³-hybridized carbons (Fsp3) is 0.296. The van der Waals surface area contributed by atoms with E-state index in [0.29, 0.717) is 23.2 Å². The van der Waals surface area contributed by atoms with Crippen molar-refractivity contribution in [2.45, 2.75) is 38.0 Å². The first-order valence-electron chi connectivity index (χ1n) is 11.4. The molecule has 0 aromatic heterocycles. The van der Waals surface area contributed by atoms with E-state index in [-0.39, 0.29) is 11.2 Å². The van der Waals surface area contributed by atoms with E-state index < -0.39 is 0 Å². The molecule has 0 N–H and O–H groups in total. The van der Waals surface area contributed by atoms with Gasteiger partial charge in [-0.2, -0.15) is 5.10 Å². The summed E-state index contributed by atoms with van der Waals surface area (Å²) in [5.74, 6) is 1.45. The van der Waals surface area contributed by atoms with E-state index >= 15 is 0 Å². The second-order valence-corrected chi connectivity index (χ2v) is 9.22. The molecular formula is C27H29N3O3S. The van der Waals surface area contributed by atoms with Crippen molar-refractivity contribution in [3.63, 3.8) is 0 Å². The number of carbonyl (C=O) groups excluding carboxylic acids is 1. The second kappa shape index (κ2) is 11.2. The number of hydrogen-bond donors (Lipinski definition) is 0. The van der Waals surface area contributed by atoms with Gasteiger partial charge in [-0.3, -0.25) is 9.69 Å². The third kappa shape index (κ3) is 5.25. The highest BCUT2D eigenvalue weighted by atomic mass is 32.2. The van der Waals surface area contributed by atoms with Crippen molar-refractivity contribution >= 4 is 39.8 Å². The van der Waals surface area contributed by atoms with Crippen LogP contribution in [-0.4, -0.2) is 41.7 Å². The van der Waals surface area contributed by atoms with Crippen LogP contribution in [0.5, 0.6) is 11.5 Å². The van der Waals surface area contributed by atoms with E-state index in [1.807, 2.05) is 30.3 Å². The fourth-order valence-corrected chi connectivity index (χ4v) is 5.11. The normalized spacial score (nSPS) is 17.3. The van der Waals surface area contributed by atoms with Crippen LogP contribution >= 0.6 is 11.8 Å². The summed E-state index contributed by atoms with van der Waals surface area (Å²) in [7, 11) is 3.22. The molecule has 4 rings (SSSR count). The van der Waals surface area contributed by atoms with Crippen LogP contribution in [0.4, 0.5) is 0 Å². The average Bonchev–Trinajstić information content (AvgIpc) is 3.17. The molecule has 1 fully saturated rings. The van der Waals surface area contributed by atoms with Crippen LogP contribution in [0.3, 0.4) is 0 Å². The molecule has 1 amide bonds. The Balaban J connectivity index is 1.62. The Kier molecular flexibility index (Phi) is 7.85. The van der Waals surface area contributed by atoms with Gasteiger partial charge in [0.2, 0.25) is 5.91 Å². The lowest BCUT2D eigenvalue weighted by Gasteiger charge is -2.17. The van der Waals surface area contributed by atoms with Crippen LogP contribution in [0.25, 0.3) is 10.8 Å². The van der Waals surface area contributed by atoms with Gasteiger partial charge in [0.05, 0.1) is 32.2 Å². The summed E-state index contributed by atoms with van der Waals surface area (Å²) in [6, 6.07) is 19.9. The van der Waals surface area contributed by atoms with E-state index in [1.165, 1.54) is 11.8 Å². The monoisotopic (exact) mass is 475 g/mol. The Morgan fingerprint density at radius 3 is 2.68 bits per heavy atom. The molecule has 0 spiro atoms. The minimum absolute atomic E-state index is 0.0994. The van der Waals surface area contributed by atoms with Gasteiger partial charge in [-0.15, -0.1) is 5.10 Å². The second-order valence-electron chi connectivity index (χ2n) is 8.05. The minimum Gasteiger partial charge on any atom is -0.497 e. The number of ether oxygens (including phenoxy) is 2. The van der Waals surface area contributed by atoms with E-state index in [1.54, 1.807) is 31.4 Å². The van der Waals surface area contributed by atoms with Gasteiger partial charge >= 0.3 is 0 Å². The van der Waals surface area contributed by atoms with Crippen LogP contribution in [0.15, 0.2) is 70.9 Å². The van der Waals surface area contributed by atoms with E-state index in [4.69, 9.17) is 9.47 Å². The van der Waals surface area contributed by atoms with Crippen molar-refractivity contribution in [2.24, 2.45) is 10.2 Å². The highest BCUT2D eigenvalue weighted by Crippen LogP contribution is 2.33. The maximum atomic E-state index is 13.3. The summed E-state index contributed by atoms with van der Waals surface area (Å²) >= 11 is 1.50. The predicted octanol–water partition coefficient (Wildman–Crippen LogP) is 5.88. The highest BCUT2D eigenvalue weighted by Gasteiger charge is 2.37. The maximum absolute atomic E-state index is 13.3. The molecule has 1 saturated heterocycles. The molecule has 34 heavy (non-hydrogen) atoms. The van der Waals surface area contributed by atoms with E-state index in [2.05, 4.69) is 41.4 Å². The van der Waals surface area contributed by atoms with Gasteiger partial charge in [0, 0.05) is 11.6 Å². The molecule has 1 aliphatic heterocycles. The molecule has 1 aliphatic rings. The third-order valence-corrected chi connectivity index (χ3v) is 7.06. The Hall–Kier alpha value is -3.32. The molecule has 6 nitrogen and oxygen atoms in total. The number of fused-ring (bicyclic) bond motifs is 1. The summed E-state index contributed by atoms with van der Waals surface area (Å²) in [5, 5.41) is 11.6. The standard InChI is InChI=1S/C27H29N3O3S/c1-4-5-13-25-26(31)30(18-21-11-8-10-19-9-6-7-12-23(19)21)27(34-25)29-28-17-20-14-15-22(32-2)16-24(20)33-3/h6-12,14-17,25H,4-5,13,18H2,1-3H3. The number of unbranched alkanes of at least 4 members (excludes halogenated alkanes) is 1. The summed E-state index contributed by atoms with van der Waals surface area (Å²) in [4.78, 5) is 15.1. The van der Waals surface area contributed by atoms with E-state index in [0.717, 1.165) is 41.2 Å². The molecule has 0 bridgehead atoms. The quantitative estimate of drug-likeness (QED) is 0.286. The maximum Gasteiger partial charge on any atom is 0.242 e. The number of nitrogens with zero attached hydrogens (tertiary/aromatic N) is 3. The number of amides is 1. The fourth-order valence-electron chi connectivity index (χ4n) is 3.97. The predicted molar refractivity (Wildman–Crippen MR) is 140 cm³/mol. The topological polar surface area (TPSA) is 63.5 Å². The van der Waals surface area contributed by atoms with Crippen molar-refractivity contribution in [1.29, 1.82) is 0 Å². The lowest BCUT2D eigenvalue weighted by atomic mass is 10.0. The molecule has 7 heteroatoms. The molecule has 3 aromatic rings. The lowest BCUT2D eigenvalue weighted by Crippen LogP contribution is -2.31. The lowest BCUT2D eigenvalue weighted by molar-refractivity contribution is -0.126. The Bertz CT molecular complexity index is 1220. The number of amidine groups is 1. The van der Waals surface area contributed by atoms with Gasteiger partial charge in [-0.25, -0.2) is 0 Å². The van der Waals surface area contributed by atoms with Crippen LogP contribution in [-0.2, 0) is 11.3 Å². The number of benzene rings is 3. The molecule has 0 aliphatic carbocycles. The number of rotatable bonds is 9. The van der Waals surface area contributed by atoms with Gasteiger partial charge < -0.3 is 9.47 Å². The molecule has 1 atom stereocenters. The van der Waals surface area contributed by atoms with Crippen molar-refractivity contribution < 1.29 is 14.3 Å². The van der Waals surface area contributed by atoms with Crippen LogP contribution in [0.1, 0.15) is 37.3 Å². The SMILES string of the molecule is CCCCC1SC(=NN=Cc2ccc(OC)cc2OC)N(Cc2cccc3ccccc23)C1=O. The first-order valence-corrected chi connectivity index (χ1v) is 12.3. The molecule has 176 valence electrons. The van der Waals surface area contributed by atoms with Crippen molar-refractivity contribution in [3.05, 3.63) is 71.8 Å². The van der Waals surface area contributed by atoms with Gasteiger partial charge in [-0.05, 0) is 34.9 Å². The molecule has 0 saturated carbocycles. The molecule has 3 aromatic carbocycles. The number of methoxy groups -OCH3 is 2. The first-order chi connectivity index (χ1) is 16.6. The summed E-state index contributed by atoms with van der Waals surface area (Å²) in [6.45, 7) is 2.61. The highest BCUT2D eigenvalue weighted by molar-refractivity contribution is 8.15. The van der Waals surface area contributed by atoms with E-state index in [9.17, 15) is 4.79 Å². The van der Waals surface area contributed by atoms with Gasteiger partial charge in [0.1, 0.15) is 11.5 Å². The first kappa shape index (κ1) is 23.8. The molecular weight excluding hydrogens is 446 g/mol. The third-order valence-electron chi connectivity index (χ3n) is 5.83. The molecule has 1 heterocycles. The number of hydrogen-bond acceptors (Lipinski definition) is 6. The molecule has 0 radical (unpaired) electrons. The smallest absolute Gasteiger partial charge is 0.242 e. The Morgan fingerprint density at radius 2 is 1.88 bits per heavy atom. The van der Waals surface area contributed by atoms with Crippen LogP contribution in [0, 0.1) is 0 Å². The summed E-state index contributed by atoms with van der Waals surface area (Å²) in [5.41, 5.74) is 1.88.